The molecule has 0 aromatic heterocycles. The monoisotopic (exact) mass is 170 g/mol. The quantitative estimate of drug-likeness (QED) is 0.677. The van der Waals surface area contributed by atoms with Crippen LogP contribution in [-0.2, 0) is 0 Å². The third-order valence-electron chi connectivity index (χ3n) is 3.49. The fourth-order valence-electron chi connectivity index (χ4n) is 2.53. The Morgan fingerprint density at radius 1 is 1.50 bits per heavy atom. The number of rotatable bonds is 2. The summed E-state index contributed by atoms with van der Waals surface area (Å²) in [5, 5.41) is 0. The van der Waals surface area contributed by atoms with Gasteiger partial charge in [0.15, 0.2) is 0 Å². The molecule has 72 valence electrons. The lowest BCUT2D eigenvalue weighted by atomic mass is 9.80. The van der Waals surface area contributed by atoms with Crippen LogP contribution in [-0.4, -0.2) is 31.1 Å². The fourth-order valence-corrected chi connectivity index (χ4v) is 2.53. The molecule has 1 saturated heterocycles. The van der Waals surface area contributed by atoms with E-state index in [1.165, 1.54) is 19.4 Å². The molecule has 0 aromatic rings. The Kier molecular flexibility index (Phi) is 3.53. The molecule has 0 saturated carbocycles. The summed E-state index contributed by atoms with van der Waals surface area (Å²) in [6, 6.07) is 0.757. The van der Waals surface area contributed by atoms with Crippen LogP contribution >= 0.6 is 0 Å². The second-order valence-corrected chi connectivity index (χ2v) is 4.10. The Morgan fingerprint density at radius 2 is 2.17 bits per heavy atom. The molecule has 1 aliphatic rings. The molecule has 1 aliphatic heterocycles. The average molecular weight is 170 g/mol. The first-order valence-electron chi connectivity index (χ1n) is 5.11. The number of hydrogen-bond acceptors (Lipinski definition) is 2. The van der Waals surface area contributed by atoms with Crippen LogP contribution in [0.4, 0.5) is 0 Å². The van der Waals surface area contributed by atoms with E-state index in [0.29, 0.717) is 0 Å². The van der Waals surface area contributed by atoms with Gasteiger partial charge in [-0.1, -0.05) is 13.8 Å². The van der Waals surface area contributed by atoms with Gasteiger partial charge >= 0.3 is 0 Å². The maximum atomic E-state index is 5.74. The Morgan fingerprint density at radius 3 is 2.67 bits per heavy atom. The van der Waals surface area contributed by atoms with Gasteiger partial charge in [-0.2, -0.15) is 0 Å². The topological polar surface area (TPSA) is 29.3 Å². The minimum atomic E-state index is 0.756. The van der Waals surface area contributed by atoms with Crippen molar-refractivity contribution < 1.29 is 0 Å². The van der Waals surface area contributed by atoms with E-state index in [1.54, 1.807) is 0 Å². The SMILES string of the molecule is CCC1C(C)C(CN)CCN1C. The number of piperidine rings is 1. The van der Waals surface area contributed by atoms with Gasteiger partial charge in [0.05, 0.1) is 0 Å². The maximum Gasteiger partial charge on any atom is 0.0118 e. The maximum absolute atomic E-state index is 5.74. The van der Waals surface area contributed by atoms with Crippen molar-refractivity contribution in [2.75, 3.05) is 20.1 Å². The molecule has 1 heterocycles. The normalized spacial score (nSPS) is 38.5. The summed E-state index contributed by atoms with van der Waals surface area (Å²) in [6.45, 7) is 6.72. The summed E-state index contributed by atoms with van der Waals surface area (Å²) < 4.78 is 0. The standard InChI is InChI=1S/C10H22N2/c1-4-10-8(2)9(7-11)5-6-12(10)3/h8-10H,4-7,11H2,1-3H3. The molecule has 0 bridgehead atoms. The van der Waals surface area contributed by atoms with E-state index in [4.69, 9.17) is 5.73 Å². The van der Waals surface area contributed by atoms with E-state index in [1.807, 2.05) is 0 Å². The fraction of sp³-hybridized carbons (Fsp3) is 1.00. The summed E-state index contributed by atoms with van der Waals surface area (Å²) in [5.74, 6) is 1.53. The Balaban J connectivity index is 2.56. The van der Waals surface area contributed by atoms with Crippen LogP contribution in [0.5, 0.6) is 0 Å². The van der Waals surface area contributed by atoms with Gasteiger partial charge in [0, 0.05) is 6.04 Å². The van der Waals surface area contributed by atoms with Crippen molar-refractivity contribution in [3.05, 3.63) is 0 Å². The highest BCUT2D eigenvalue weighted by atomic mass is 15.1. The predicted molar refractivity (Wildman–Crippen MR) is 53.0 cm³/mol. The van der Waals surface area contributed by atoms with Gasteiger partial charge in [0.1, 0.15) is 0 Å². The first-order valence-corrected chi connectivity index (χ1v) is 5.11. The number of nitrogens with two attached hydrogens (primary N) is 1. The molecular weight excluding hydrogens is 148 g/mol. The van der Waals surface area contributed by atoms with Crippen molar-refractivity contribution in [3.8, 4) is 0 Å². The first kappa shape index (κ1) is 10.0. The lowest BCUT2D eigenvalue weighted by Crippen LogP contribution is -2.47. The molecule has 1 rings (SSSR count). The zero-order chi connectivity index (χ0) is 9.14. The molecule has 3 unspecified atom stereocenters. The summed E-state index contributed by atoms with van der Waals surface area (Å²) in [7, 11) is 2.23. The minimum absolute atomic E-state index is 0.756. The first-order chi connectivity index (χ1) is 5.70. The van der Waals surface area contributed by atoms with Crippen molar-refractivity contribution >= 4 is 0 Å². The summed E-state index contributed by atoms with van der Waals surface area (Å²) in [6.07, 6.45) is 2.54. The summed E-state index contributed by atoms with van der Waals surface area (Å²) >= 11 is 0. The van der Waals surface area contributed by atoms with Crippen LogP contribution in [0.15, 0.2) is 0 Å². The molecule has 0 aliphatic carbocycles. The van der Waals surface area contributed by atoms with Crippen molar-refractivity contribution in [1.29, 1.82) is 0 Å². The Labute approximate surface area is 76.1 Å². The summed E-state index contributed by atoms with van der Waals surface area (Å²) in [4.78, 5) is 2.48. The summed E-state index contributed by atoms with van der Waals surface area (Å²) in [5.41, 5.74) is 5.74. The largest absolute Gasteiger partial charge is 0.330 e. The van der Waals surface area contributed by atoms with Crippen LogP contribution in [0.25, 0.3) is 0 Å². The average Bonchev–Trinajstić information content (AvgIpc) is 2.06. The van der Waals surface area contributed by atoms with Gasteiger partial charge in [-0.15, -0.1) is 0 Å². The molecule has 0 radical (unpaired) electrons. The molecule has 3 atom stereocenters. The highest BCUT2D eigenvalue weighted by molar-refractivity contribution is 4.85. The van der Waals surface area contributed by atoms with Crippen molar-refractivity contribution in [3.63, 3.8) is 0 Å². The number of likely N-dealkylation sites (tertiary alicyclic amines) is 1. The van der Waals surface area contributed by atoms with Crippen molar-refractivity contribution in [2.24, 2.45) is 17.6 Å². The third kappa shape index (κ3) is 1.80. The zero-order valence-electron chi connectivity index (χ0n) is 8.59. The highest BCUT2D eigenvalue weighted by Crippen LogP contribution is 2.28. The van der Waals surface area contributed by atoms with Crippen LogP contribution in [0.3, 0.4) is 0 Å². The highest BCUT2D eigenvalue weighted by Gasteiger charge is 2.30. The van der Waals surface area contributed by atoms with E-state index in [9.17, 15) is 0 Å². The predicted octanol–water partition coefficient (Wildman–Crippen LogP) is 1.31. The molecule has 12 heavy (non-hydrogen) atoms. The second kappa shape index (κ2) is 4.24. The van der Waals surface area contributed by atoms with E-state index < -0.39 is 0 Å². The van der Waals surface area contributed by atoms with E-state index in [2.05, 4.69) is 25.8 Å². The molecule has 2 nitrogen and oxygen atoms in total. The van der Waals surface area contributed by atoms with Gasteiger partial charge < -0.3 is 10.6 Å². The lowest BCUT2D eigenvalue weighted by molar-refractivity contribution is 0.0803. The molecule has 0 amide bonds. The van der Waals surface area contributed by atoms with Gasteiger partial charge in [-0.25, -0.2) is 0 Å². The molecule has 0 spiro atoms. The second-order valence-electron chi connectivity index (χ2n) is 4.10. The van der Waals surface area contributed by atoms with Gasteiger partial charge in [-0.05, 0) is 44.8 Å². The van der Waals surface area contributed by atoms with Crippen LogP contribution in [0.1, 0.15) is 26.7 Å². The smallest absolute Gasteiger partial charge is 0.0118 e. The Bertz CT molecular complexity index is 136. The molecule has 2 N–H and O–H groups in total. The Hall–Kier alpha value is -0.0800. The molecule has 1 fully saturated rings. The van der Waals surface area contributed by atoms with Gasteiger partial charge in [0.2, 0.25) is 0 Å². The van der Waals surface area contributed by atoms with Gasteiger partial charge in [0.25, 0.3) is 0 Å². The van der Waals surface area contributed by atoms with E-state index >= 15 is 0 Å². The third-order valence-corrected chi connectivity index (χ3v) is 3.49. The van der Waals surface area contributed by atoms with Crippen LogP contribution in [0, 0.1) is 11.8 Å². The minimum Gasteiger partial charge on any atom is -0.330 e. The van der Waals surface area contributed by atoms with Crippen LogP contribution in [0.2, 0.25) is 0 Å². The van der Waals surface area contributed by atoms with E-state index in [0.717, 1.165) is 24.4 Å². The van der Waals surface area contributed by atoms with E-state index in [-0.39, 0.29) is 0 Å². The molecule has 2 heteroatoms. The van der Waals surface area contributed by atoms with Crippen LogP contribution < -0.4 is 5.73 Å². The lowest BCUT2D eigenvalue weighted by Gasteiger charge is -2.41. The van der Waals surface area contributed by atoms with Crippen molar-refractivity contribution in [1.82, 2.24) is 4.90 Å². The molecular formula is C10H22N2. The zero-order valence-corrected chi connectivity index (χ0v) is 8.59. The molecule has 0 aromatic carbocycles. The van der Waals surface area contributed by atoms with Crippen molar-refractivity contribution in [2.45, 2.75) is 32.7 Å². The number of hydrogen-bond donors (Lipinski definition) is 1. The van der Waals surface area contributed by atoms with Gasteiger partial charge in [-0.3, -0.25) is 0 Å². The number of nitrogens with zero attached hydrogens (tertiary/aromatic N) is 1.